The molecule has 5 nitrogen and oxygen atoms in total. The highest BCUT2D eigenvalue weighted by Gasteiger charge is 2.51. The van der Waals surface area contributed by atoms with Crippen LogP contribution in [-0.2, 0) is 15.9 Å². The van der Waals surface area contributed by atoms with Gasteiger partial charge in [0.05, 0.1) is 17.7 Å². The molecular weight excluding hydrogens is 241 g/mol. The van der Waals surface area contributed by atoms with E-state index in [-0.39, 0.29) is 18.3 Å². The van der Waals surface area contributed by atoms with Gasteiger partial charge >= 0.3 is 7.12 Å². The quantitative estimate of drug-likeness (QED) is 0.362. The van der Waals surface area contributed by atoms with Gasteiger partial charge in [-0.2, -0.15) is 0 Å². The lowest BCUT2D eigenvalue weighted by Crippen LogP contribution is -2.41. The van der Waals surface area contributed by atoms with Gasteiger partial charge in [0, 0.05) is 4.91 Å². The van der Waals surface area contributed by atoms with E-state index in [1.165, 1.54) is 0 Å². The van der Waals surface area contributed by atoms with E-state index < -0.39 is 0 Å². The molecule has 0 unspecified atom stereocenters. The normalized spacial score (nSPS) is 20.1. The Morgan fingerprint density at radius 1 is 1.21 bits per heavy atom. The van der Waals surface area contributed by atoms with Gasteiger partial charge in [-0.05, 0) is 44.3 Å². The van der Waals surface area contributed by atoms with Crippen LogP contribution in [0.2, 0.25) is 0 Å². The van der Waals surface area contributed by atoms with Crippen molar-refractivity contribution in [1.29, 1.82) is 0 Å². The Morgan fingerprint density at radius 3 is 2.42 bits per heavy atom. The molecule has 1 aromatic carbocycles. The van der Waals surface area contributed by atoms with Crippen LogP contribution in [0.15, 0.2) is 29.4 Å². The molecule has 1 aliphatic heterocycles. The molecule has 2 rings (SSSR count). The maximum Gasteiger partial charge on any atom is 0.494 e. The fourth-order valence-electron chi connectivity index (χ4n) is 1.93. The number of azide groups is 1. The molecule has 1 aliphatic rings. The summed E-state index contributed by atoms with van der Waals surface area (Å²) < 4.78 is 12.0. The Bertz CT molecular complexity index is 508. The number of benzene rings is 1. The van der Waals surface area contributed by atoms with Crippen LogP contribution in [-0.4, -0.2) is 18.3 Å². The molecule has 100 valence electrons. The third kappa shape index (κ3) is 2.76. The van der Waals surface area contributed by atoms with Crippen LogP contribution in [0.5, 0.6) is 0 Å². The Labute approximate surface area is 113 Å². The summed E-state index contributed by atoms with van der Waals surface area (Å²) in [5.74, 6) is 0. The van der Waals surface area contributed by atoms with Gasteiger partial charge in [-0.1, -0.05) is 29.4 Å². The first-order valence-corrected chi connectivity index (χ1v) is 6.31. The van der Waals surface area contributed by atoms with E-state index in [1.54, 1.807) is 0 Å². The van der Waals surface area contributed by atoms with Crippen molar-refractivity contribution in [3.8, 4) is 0 Å². The van der Waals surface area contributed by atoms with Crippen molar-refractivity contribution >= 4 is 12.6 Å². The summed E-state index contributed by atoms with van der Waals surface area (Å²) >= 11 is 0. The van der Waals surface area contributed by atoms with E-state index in [2.05, 4.69) is 10.0 Å². The molecule has 1 aromatic rings. The number of hydrogen-bond acceptors (Lipinski definition) is 3. The van der Waals surface area contributed by atoms with E-state index in [4.69, 9.17) is 14.8 Å². The second-order valence-electron chi connectivity index (χ2n) is 5.72. The van der Waals surface area contributed by atoms with Gasteiger partial charge in [-0.15, -0.1) is 0 Å². The van der Waals surface area contributed by atoms with Gasteiger partial charge < -0.3 is 9.31 Å². The molecule has 1 heterocycles. The Hall–Kier alpha value is -1.49. The molecule has 0 aromatic heterocycles. The fourth-order valence-corrected chi connectivity index (χ4v) is 1.93. The van der Waals surface area contributed by atoms with Crippen LogP contribution in [0.25, 0.3) is 10.4 Å². The van der Waals surface area contributed by atoms with Crippen molar-refractivity contribution in [2.24, 2.45) is 5.11 Å². The van der Waals surface area contributed by atoms with Crippen molar-refractivity contribution in [3.05, 3.63) is 40.3 Å². The average molecular weight is 259 g/mol. The van der Waals surface area contributed by atoms with Gasteiger partial charge in [0.1, 0.15) is 0 Å². The predicted molar refractivity (Wildman–Crippen MR) is 75.0 cm³/mol. The summed E-state index contributed by atoms with van der Waals surface area (Å²) in [6, 6.07) is 7.75. The maximum atomic E-state index is 8.35. The van der Waals surface area contributed by atoms with Gasteiger partial charge in [0.2, 0.25) is 0 Å². The van der Waals surface area contributed by atoms with Crippen LogP contribution in [0, 0.1) is 0 Å². The minimum Gasteiger partial charge on any atom is -0.399 e. The summed E-state index contributed by atoms with van der Waals surface area (Å²) in [4.78, 5) is 2.77. The molecule has 0 saturated carbocycles. The van der Waals surface area contributed by atoms with E-state index >= 15 is 0 Å². The van der Waals surface area contributed by atoms with Crippen LogP contribution < -0.4 is 5.46 Å². The molecule has 0 bridgehead atoms. The highest BCUT2D eigenvalue weighted by atomic mass is 16.7. The molecule has 0 atom stereocenters. The van der Waals surface area contributed by atoms with Crippen molar-refractivity contribution in [3.63, 3.8) is 0 Å². The third-order valence-electron chi connectivity index (χ3n) is 3.79. The largest absolute Gasteiger partial charge is 0.494 e. The molecule has 0 N–H and O–H groups in total. The first kappa shape index (κ1) is 13.9. The Morgan fingerprint density at radius 2 is 1.84 bits per heavy atom. The van der Waals surface area contributed by atoms with Crippen LogP contribution in [0.4, 0.5) is 0 Å². The lowest BCUT2D eigenvalue weighted by molar-refractivity contribution is 0.00578. The SMILES string of the molecule is CC1(C)OB(c2cccc(CN=[N+]=[N-])c2)OC1(C)C. The zero-order chi connectivity index (χ0) is 14.1. The molecule has 19 heavy (non-hydrogen) atoms. The molecule has 0 aliphatic carbocycles. The number of hydrogen-bond donors (Lipinski definition) is 0. The highest BCUT2D eigenvalue weighted by Crippen LogP contribution is 2.36. The van der Waals surface area contributed by atoms with E-state index in [0.29, 0.717) is 6.54 Å². The monoisotopic (exact) mass is 259 g/mol. The summed E-state index contributed by atoms with van der Waals surface area (Å²) in [7, 11) is -0.379. The van der Waals surface area contributed by atoms with Crippen molar-refractivity contribution in [2.75, 3.05) is 0 Å². The molecule has 0 spiro atoms. The van der Waals surface area contributed by atoms with Gasteiger partial charge in [-0.25, -0.2) is 0 Å². The van der Waals surface area contributed by atoms with Crippen molar-refractivity contribution in [2.45, 2.75) is 45.4 Å². The first-order chi connectivity index (χ1) is 8.86. The first-order valence-electron chi connectivity index (χ1n) is 6.31. The van der Waals surface area contributed by atoms with E-state index in [1.807, 2.05) is 52.0 Å². The zero-order valence-corrected chi connectivity index (χ0v) is 11.8. The molecule has 0 radical (unpaired) electrons. The molecular formula is C13H18BN3O2. The minimum atomic E-state index is -0.379. The topological polar surface area (TPSA) is 67.2 Å². The summed E-state index contributed by atoms with van der Waals surface area (Å²) in [5.41, 5.74) is 9.55. The Balaban J connectivity index is 2.22. The number of rotatable bonds is 3. The van der Waals surface area contributed by atoms with Crippen molar-refractivity contribution in [1.82, 2.24) is 0 Å². The minimum absolute atomic E-state index is 0.337. The second kappa shape index (κ2) is 4.89. The lowest BCUT2D eigenvalue weighted by Gasteiger charge is -2.32. The van der Waals surface area contributed by atoms with Crippen LogP contribution >= 0.6 is 0 Å². The maximum absolute atomic E-state index is 8.35. The van der Waals surface area contributed by atoms with E-state index in [9.17, 15) is 0 Å². The molecule has 1 saturated heterocycles. The number of nitrogens with zero attached hydrogens (tertiary/aromatic N) is 3. The van der Waals surface area contributed by atoms with Crippen LogP contribution in [0.3, 0.4) is 0 Å². The van der Waals surface area contributed by atoms with E-state index in [0.717, 1.165) is 11.0 Å². The molecule has 6 heteroatoms. The average Bonchev–Trinajstić information content (AvgIpc) is 2.56. The highest BCUT2D eigenvalue weighted by molar-refractivity contribution is 6.62. The zero-order valence-electron chi connectivity index (χ0n) is 11.8. The standard InChI is InChI=1S/C13H18BN3O2/c1-12(2)13(3,4)19-14(18-12)11-7-5-6-10(8-11)9-16-17-15/h5-8H,9H2,1-4H3. The lowest BCUT2D eigenvalue weighted by atomic mass is 9.78. The third-order valence-corrected chi connectivity index (χ3v) is 3.79. The second-order valence-corrected chi connectivity index (χ2v) is 5.72. The predicted octanol–water partition coefficient (Wildman–Crippen LogP) is 2.80. The van der Waals surface area contributed by atoms with Gasteiger partial charge in [0.25, 0.3) is 0 Å². The molecule has 1 fully saturated rings. The summed E-state index contributed by atoms with van der Waals surface area (Å²) in [6.45, 7) is 8.44. The summed E-state index contributed by atoms with van der Waals surface area (Å²) in [5, 5.41) is 3.57. The van der Waals surface area contributed by atoms with Crippen molar-refractivity contribution < 1.29 is 9.31 Å². The smallest absolute Gasteiger partial charge is 0.399 e. The molecule has 0 amide bonds. The van der Waals surface area contributed by atoms with Gasteiger partial charge in [-0.3, -0.25) is 0 Å². The Kier molecular flexibility index (Phi) is 3.59. The van der Waals surface area contributed by atoms with Crippen LogP contribution in [0.1, 0.15) is 33.3 Å². The summed E-state index contributed by atoms with van der Waals surface area (Å²) in [6.07, 6.45) is 0. The fraction of sp³-hybridized carbons (Fsp3) is 0.538. The van der Waals surface area contributed by atoms with Gasteiger partial charge in [0.15, 0.2) is 0 Å².